The van der Waals surface area contributed by atoms with Gasteiger partial charge in [-0.15, -0.1) is 0 Å². The molecule has 0 aliphatic carbocycles. The molecule has 1 aromatic heterocycles. The zero-order valence-electron chi connectivity index (χ0n) is 22.2. The smallest absolute Gasteiger partial charge is 0.255 e. The average Bonchev–Trinajstić information content (AvgIpc) is 3.37. The fourth-order valence-corrected chi connectivity index (χ4v) is 4.61. The molecule has 10 heteroatoms. The lowest BCUT2D eigenvalue weighted by Gasteiger charge is -2.28. The first-order valence-electron chi connectivity index (χ1n) is 12.6. The Kier molecular flexibility index (Phi) is 7.27. The molecule has 0 saturated carbocycles. The van der Waals surface area contributed by atoms with Gasteiger partial charge in [0.15, 0.2) is 11.5 Å². The Hall–Kier alpha value is -4.73. The third kappa shape index (κ3) is 5.31. The molecular formula is C29H29FN6O3. The summed E-state index contributed by atoms with van der Waals surface area (Å²) >= 11 is 0. The van der Waals surface area contributed by atoms with Gasteiger partial charge < -0.3 is 20.1 Å². The van der Waals surface area contributed by atoms with E-state index in [1.165, 1.54) is 6.07 Å². The van der Waals surface area contributed by atoms with Crippen molar-refractivity contribution in [1.82, 2.24) is 20.2 Å². The number of fused-ring (bicyclic) bond motifs is 1. The molecule has 2 N–H and O–H groups in total. The Morgan fingerprint density at radius 1 is 1.05 bits per heavy atom. The predicted molar refractivity (Wildman–Crippen MR) is 145 cm³/mol. The highest BCUT2D eigenvalue weighted by atomic mass is 19.1. The minimum Gasteiger partial charge on any atom is -0.490 e. The number of ether oxygens (including phenoxy) is 2. The van der Waals surface area contributed by atoms with Gasteiger partial charge in [-0.2, -0.15) is 4.68 Å². The van der Waals surface area contributed by atoms with Crippen molar-refractivity contribution >= 4 is 17.5 Å². The number of rotatable bonds is 8. The van der Waals surface area contributed by atoms with E-state index in [2.05, 4.69) is 26.2 Å². The van der Waals surface area contributed by atoms with Crippen molar-refractivity contribution in [2.45, 2.75) is 40.3 Å². The highest BCUT2D eigenvalue weighted by molar-refractivity contribution is 6.06. The number of amides is 1. The van der Waals surface area contributed by atoms with Gasteiger partial charge in [0, 0.05) is 16.9 Å². The second kappa shape index (κ2) is 10.9. The van der Waals surface area contributed by atoms with E-state index in [1.54, 1.807) is 35.0 Å². The third-order valence-corrected chi connectivity index (χ3v) is 6.51. The number of nitrogens with one attached hydrogen (secondary N) is 2. The number of aromatic nitrogens is 4. The summed E-state index contributed by atoms with van der Waals surface area (Å²) in [6.07, 6.45) is 0. The minimum absolute atomic E-state index is 0.0408. The van der Waals surface area contributed by atoms with E-state index >= 15 is 0 Å². The highest BCUT2D eigenvalue weighted by Gasteiger charge is 2.34. The summed E-state index contributed by atoms with van der Waals surface area (Å²) in [5, 5.41) is 18.2. The van der Waals surface area contributed by atoms with Crippen LogP contribution in [0.25, 0.3) is 0 Å². The molecule has 9 nitrogen and oxygen atoms in total. The normalized spacial score (nSPS) is 14.4. The van der Waals surface area contributed by atoms with E-state index in [1.807, 2.05) is 52.0 Å². The molecule has 0 saturated heterocycles. The molecule has 1 aliphatic heterocycles. The first-order chi connectivity index (χ1) is 18.9. The van der Waals surface area contributed by atoms with Gasteiger partial charge in [0.1, 0.15) is 18.5 Å². The van der Waals surface area contributed by atoms with E-state index in [0.29, 0.717) is 40.9 Å². The van der Waals surface area contributed by atoms with Crippen LogP contribution in [0, 0.1) is 19.7 Å². The lowest BCUT2D eigenvalue weighted by Crippen LogP contribution is -2.31. The van der Waals surface area contributed by atoms with E-state index in [9.17, 15) is 9.18 Å². The van der Waals surface area contributed by atoms with E-state index in [0.717, 1.165) is 22.4 Å². The molecule has 0 unspecified atom stereocenters. The number of aryl methyl sites for hydroxylation is 2. The molecule has 0 bridgehead atoms. The molecule has 3 aromatic carbocycles. The zero-order valence-corrected chi connectivity index (χ0v) is 22.2. The van der Waals surface area contributed by atoms with Gasteiger partial charge in [-0.25, -0.2) is 4.39 Å². The van der Waals surface area contributed by atoms with Crippen LogP contribution in [0.5, 0.6) is 11.5 Å². The summed E-state index contributed by atoms with van der Waals surface area (Å²) in [5.41, 5.74) is 5.03. The van der Waals surface area contributed by atoms with Crippen LogP contribution in [0.1, 0.15) is 42.1 Å². The Morgan fingerprint density at radius 2 is 1.87 bits per heavy atom. The number of nitrogens with zero attached hydrogens (tertiary/aromatic N) is 4. The molecule has 0 fully saturated rings. The second-order valence-electron chi connectivity index (χ2n) is 9.31. The van der Waals surface area contributed by atoms with Gasteiger partial charge in [-0.3, -0.25) is 4.79 Å². The fraction of sp³-hybridized carbons (Fsp3) is 0.241. The molecule has 200 valence electrons. The lowest BCUT2D eigenvalue weighted by molar-refractivity contribution is -0.113. The van der Waals surface area contributed by atoms with Crippen LogP contribution >= 0.6 is 0 Å². The number of benzene rings is 3. The SMILES string of the molecule is CCOc1cc([C@@H]2C(C(=O)Nc3ccc(C)cc3C)=C(C)Nc3nnnn32)ccc1OCc1ccccc1F. The van der Waals surface area contributed by atoms with Gasteiger partial charge >= 0.3 is 0 Å². The van der Waals surface area contributed by atoms with E-state index < -0.39 is 6.04 Å². The maximum Gasteiger partial charge on any atom is 0.255 e. The molecule has 1 aliphatic rings. The van der Waals surface area contributed by atoms with Crippen LogP contribution in [0.2, 0.25) is 0 Å². The summed E-state index contributed by atoms with van der Waals surface area (Å²) in [6, 6.07) is 17.1. The Bertz CT molecular complexity index is 1560. The largest absolute Gasteiger partial charge is 0.490 e. The van der Waals surface area contributed by atoms with Crippen LogP contribution < -0.4 is 20.1 Å². The van der Waals surface area contributed by atoms with Gasteiger partial charge in [0.25, 0.3) is 5.91 Å². The topological polar surface area (TPSA) is 103 Å². The molecule has 4 aromatic rings. The number of carbonyl (C=O) groups is 1. The summed E-state index contributed by atoms with van der Waals surface area (Å²) in [4.78, 5) is 13.7. The van der Waals surface area contributed by atoms with Crippen molar-refractivity contribution in [2.24, 2.45) is 0 Å². The molecular weight excluding hydrogens is 499 g/mol. The van der Waals surface area contributed by atoms with Crippen LogP contribution in [0.15, 0.2) is 71.9 Å². The first-order valence-corrected chi connectivity index (χ1v) is 12.6. The highest BCUT2D eigenvalue weighted by Crippen LogP contribution is 2.39. The predicted octanol–water partition coefficient (Wildman–Crippen LogP) is 5.33. The van der Waals surface area contributed by atoms with Crippen molar-refractivity contribution in [2.75, 3.05) is 17.2 Å². The van der Waals surface area contributed by atoms with Crippen molar-refractivity contribution in [3.63, 3.8) is 0 Å². The standard InChI is InChI=1S/C29H29FN6O3/c1-5-38-25-15-20(11-13-24(25)39-16-21-8-6-7-9-22(21)30)27-26(19(4)31-29-33-34-35-36(27)29)28(37)32-23-12-10-17(2)14-18(23)3/h6-15,27H,5,16H2,1-4H3,(H,32,37)(H,31,33,35)/t27-/m1/s1. The Balaban J connectivity index is 1.50. The number of anilines is 2. The molecule has 2 heterocycles. The number of halogens is 1. The van der Waals surface area contributed by atoms with E-state index in [4.69, 9.17) is 9.47 Å². The van der Waals surface area contributed by atoms with Crippen LogP contribution in [-0.4, -0.2) is 32.7 Å². The summed E-state index contributed by atoms with van der Waals surface area (Å²) in [7, 11) is 0. The second-order valence-corrected chi connectivity index (χ2v) is 9.31. The van der Waals surface area contributed by atoms with Crippen molar-refractivity contribution < 1.29 is 18.7 Å². The Labute approximate surface area is 225 Å². The monoisotopic (exact) mass is 528 g/mol. The Morgan fingerprint density at radius 3 is 2.64 bits per heavy atom. The van der Waals surface area contributed by atoms with Gasteiger partial charge in [-0.1, -0.05) is 47.1 Å². The van der Waals surface area contributed by atoms with Crippen LogP contribution in [0.3, 0.4) is 0 Å². The number of tetrazole rings is 1. The molecule has 0 radical (unpaired) electrons. The number of allylic oxidation sites excluding steroid dienone is 1. The lowest BCUT2D eigenvalue weighted by atomic mass is 9.94. The molecule has 39 heavy (non-hydrogen) atoms. The zero-order chi connectivity index (χ0) is 27.5. The third-order valence-electron chi connectivity index (χ3n) is 6.51. The quantitative estimate of drug-likeness (QED) is 0.318. The molecule has 5 rings (SSSR count). The minimum atomic E-state index is -0.637. The van der Waals surface area contributed by atoms with E-state index in [-0.39, 0.29) is 18.3 Å². The summed E-state index contributed by atoms with van der Waals surface area (Å²) < 4.78 is 27.5. The number of hydrogen-bond donors (Lipinski definition) is 2. The van der Waals surface area contributed by atoms with Crippen molar-refractivity contribution in [3.8, 4) is 11.5 Å². The average molecular weight is 529 g/mol. The number of carbonyl (C=O) groups excluding carboxylic acids is 1. The van der Waals surface area contributed by atoms with Crippen molar-refractivity contribution in [1.29, 1.82) is 0 Å². The van der Waals surface area contributed by atoms with Crippen LogP contribution in [-0.2, 0) is 11.4 Å². The fourth-order valence-electron chi connectivity index (χ4n) is 4.61. The molecule has 1 atom stereocenters. The molecule has 0 spiro atoms. The maximum atomic E-state index is 14.1. The van der Waals surface area contributed by atoms with Crippen LogP contribution in [0.4, 0.5) is 16.0 Å². The summed E-state index contributed by atoms with van der Waals surface area (Å²) in [6.45, 7) is 8.07. The van der Waals surface area contributed by atoms with Gasteiger partial charge in [0.05, 0.1) is 12.2 Å². The number of hydrogen-bond acceptors (Lipinski definition) is 7. The molecule has 1 amide bonds. The van der Waals surface area contributed by atoms with Crippen molar-refractivity contribution in [3.05, 3.63) is 100 Å². The summed E-state index contributed by atoms with van der Waals surface area (Å²) in [5.74, 6) is 0.713. The van der Waals surface area contributed by atoms with Gasteiger partial charge in [-0.05, 0) is 73.5 Å². The first kappa shape index (κ1) is 25.9. The maximum absolute atomic E-state index is 14.1. The van der Waals surface area contributed by atoms with Gasteiger partial charge in [0.2, 0.25) is 5.95 Å².